The van der Waals surface area contributed by atoms with Crippen LogP contribution in [0.5, 0.6) is 0 Å². The molecule has 0 spiro atoms. The molecule has 0 saturated heterocycles. The lowest BCUT2D eigenvalue weighted by atomic mass is 10.0. The lowest BCUT2D eigenvalue weighted by molar-refractivity contribution is 0.251. The van der Waals surface area contributed by atoms with Crippen LogP contribution in [-0.4, -0.2) is 12.6 Å². The van der Waals surface area contributed by atoms with Gasteiger partial charge in [0.2, 0.25) is 0 Å². The van der Waals surface area contributed by atoms with Gasteiger partial charge in [-0.05, 0) is 36.1 Å². The van der Waals surface area contributed by atoms with Crippen molar-refractivity contribution in [3.05, 3.63) is 59.7 Å². The molecule has 0 atom stereocenters. The maximum absolute atomic E-state index is 11.9. The summed E-state index contributed by atoms with van der Waals surface area (Å²) in [5, 5.41) is 9.09. The maximum atomic E-state index is 11.9. The Bertz CT molecular complexity index is 625. The zero-order chi connectivity index (χ0) is 14.5. The van der Waals surface area contributed by atoms with Gasteiger partial charge < -0.3 is 16.0 Å². The Morgan fingerprint density at radius 3 is 2.86 bits per heavy atom. The summed E-state index contributed by atoms with van der Waals surface area (Å²) in [4.78, 5) is 11.9. The lowest BCUT2D eigenvalue weighted by Gasteiger charge is -2.19. The number of amides is 2. The number of hydrogen-bond acceptors (Lipinski definition) is 2. The van der Waals surface area contributed by atoms with Crippen LogP contribution in [0.15, 0.2) is 48.5 Å². The topological polar surface area (TPSA) is 53.2 Å². The van der Waals surface area contributed by atoms with E-state index < -0.39 is 0 Å². The highest BCUT2D eigenvalue weighted by atomic mass is 16.2. The highest BCUT2D eigenvalue weighted by Crippen LogP contribution is 2.25. The average Bonchev–Trinajstić information content (AvgIpc) is 2.54. The minimum absolute atomic E-state index is 0.186. The number of rotatable bonds is 3. The second kappa shape index (κ2) is 6.31. The molecule has 21 heavy (non-hydrogen) atoms. The number of aryl methyl sites for hydroxylation is 1. The Labute approximate surface area is 124 Å². The van der Waals surface area contributed by atoms with Crippen LogP contribution in [-0.2, 0) is 13.0 Å². The van der Waals surface area contributed by atoms with Gasteiger partial charge in [-0.1, -0.05) is 36.4 Å². The van der Waals surface area contributed by atoms with Crippen molar-refractivity contribution in [1.82, 2.24) is 5.32 Å². The quantitative estimate of drug-likeness (QED) is 0.808. The highest BCUT2D eigenvalue weighted by Gasteiger charge is 2.09. The summed E-state index contributed by atoms with van der Waals surface area (Å²) < 4.78 is 0. The van der Waals surface area contributed by atoms with Gasteiger partial charge in [0.1, 0.15) is 0 Å². The van der Waals surface area contributed by atoms with Crippen molar-refractivity contribution in [1.29, 1.82) is 0 Å². The first-order valence-corrected chi connectivity index (χ1v) is 7.27. The molecule has 0 aliphatic carbocycles. The molecule has 0 unspecified atom stereocenters. The SMILES string of the molecule is O=C(NCc1ccccc1)Nc1ccc2c(c1)NCCC2. The van der Waals surface area contributed by atoms with E-state index in [2.05, 4.69) is 22.0 Å². The summed E-state index contributed by atoms with van der Waals surface area (Å²) in [6.07, 6.45) is 2.26. The molecular weight excluding hydrogens is 262 g/mol. The molecule has 3 N–H and O–H groups in total. The third-order valence-corrected chi connectivity index (χ3v) is 3.60. The van der Waals surface area contributed by atoms with Gasteiger partial charge in [0.25, 0.3) is 0 Å². The Kier molecular flexibility index (Phi) is 4.05. The second-order valence-corrected chi connectivity index (χ2v) is 5.20. The number of anilines is 2. The highest BCUT2D eigenvalue weighted by molar-refractivity contribution is 5.90. The Morgan fingerprint density at radius 1 is 1.14 bits per heavy atom. The molecule has 2 aromatic rings. The van der Waals surface area contributed by atoms with E-state index in [1.165, 1.54) is 5.56 Å². The fraction of sp³-hybridized carbons (Fsp3) is 0.235. The first kappa shape index (κ1) is 13.5. The zero-order valence-corrected chi connectivity index (χ0v) is 11.9. The van der Waals surface area contributed by atoms with Crippen LogP contribution in [0.4, 0.5) is 16.2 Å². The molecule has 4 nitrogen and oxygen atoms in total. The fourth-order valence-corrected chi connectivity index (χ4v) is 2.49. The van der Waals surface area contributed by atoms with Crippen molar-refractivity contribution in [2.45, 2.75) is 19.4 Å². The number of carbonyl (C=O) groups excluding carboxylic acids is 1. The molecule has 3 rings (SSSR count). The maximum Gasteiger partial charge on any atom is 0.319 e. The van der Waals surface area contributed by atoms with Crippen LogP contribution in [0, 0.1) is 0 Å². The smallest absolute Gasteiger partial charge is 0.319 e. The molecule has 108 valence electrons. The van der Waals surface area contributed by atoms with E-state index in [4.69, 9.17) is 0 Å². The average molecular weight is 281 g/mol. The molecule has 0 fully saturated rings. The number of urea groups is 1. The standard InChI is InChI=1S/C17H19N3O/c21-17(19-12-13-5-2-1-3-6-13)20-15-9-8-14-7-4-10-18-16(14)11-15/h1-3,5-6,8-9,11,18H,4,7,10,12H2,(H2,19,20,21). The van der Waals surface area contributed by atoms with E-state index >= 15 is 0 Å². The normalized spacial score (nSPS) is 13.0. The minimum Gasteiger partial charge on any atom is -0.385 e. The monoisotopic (exact) mass is 281 g/mol. The summed E-state index contributed by atoms with van der Waals surface area (Å²) in [7, 11) is 0. The van der Waals surface area contributed by atoms with Crippen molar-refractivity contribution in [3.63, 3.8) is 0 Å². The van der Waals surface area contributed by atoms with Crippen molar-refractivity contribution >= 4 is 17.4 Å². The Morgan fingerprint density at radius 2 is 2.00 bits per heavy atom. The van der Waals surface area contributed by atoms with Crippen LogP contribution in [0.1, 0.15) is 17.5 Å². The summed E-state index contributed by atoms with van der Waals surface area (Å²) in [6.45, 7) is 1.52. The van der Waals surface area contributed by atoms with Gasteiger partial charge in [-0.15, -0.1) is 0 Å². The molecule has 0 saturated carbocycles. The summed E-state index contributed by atoms with van der Waals surface area (Å²) >= 11 is 0. The number of fused-ring (bicyclic) bond motifs is 1. The van der Waals surface area contributed by atoms with Crippen molar-refractivity contribution in [3.8, 4) is 0 Å². The van der Waals surface area contributed by atoms with Gasteiger partial charge in [-0.2, -0.15) is 0 Å². The molecule has 0 bridgehead atoms. The van der Waals surface area contributed by atoms with Gasteiger partial charge >= 0.3 is 6.03 Å². The van der Waals surface area contributed by atoms with Crippen molar-refractivity contribution < 1.29 is 4.79 Å². The predicted molar refractivity (Wildman–Crippen MR) is 85.6 cm³/mol. The van der Waals surface area contributed by atoms with Crippen molar-refractivity contribution in [2.75, 3.05) is 17.2 Å². The van der Waals surface area contributed by atoms with Crippen LogP contribution < -0.4 is 16.0 Å². The number of nitrogens with one attached hydrogen (secondary N) is 3. The summed E-state index contributed by atoms with van der Waals surface area (Å²) in [5.74, 6) is 0. The van der Waals surface area contributed by atoms with Crippen LogP contribution in [0.2, 0.25) is 0 Å². The van der Waals surface area contributed by atoms with E-state index in [-0.39, 0.29) is 6.03 Å². The lowest BCUT2D eigenvalue weighted by Crippen LogP contribution is -2.28. The largest absolute Gasteiger partial charge is 0.385 e. The molecule has 0 radical (unpaired) electrons. The first-order valence-electron chi connectivity index (χ1n) is 7.27. The Balaban J connectivity index is 1.57. The molecule has 1 aliphatic rings. The van der Waals surface area contributed by atoms with Crippen LogP contribution >= 0.6 is 0 Å². The van der Waals surface area contributed by atoms with Crippen molar-refractivity contribution in [2.24, 2.45) is 0 Å². The zero-order valence-electron chi connectivity index (χ0n) is 11.9. The predicted octanol–water partition coefficient (Wildman–Crippen LogP) is 3.37. The molecular formula is C17H19N3O. The number of carbonyl (C=O) groups is 1. The second-order valence-electron chi connectivity index (χ2n) is 5.20. The van der Waals surface area contributed by atoms with Gasteiger partial charge in [0, 0.05) is 24.5 Å². The van der Waals surface area contributed by atoms with E-state index in [9.17, 15) is 4.79 Å². The molecule has 4 heteroatoms. The first-order chi connectivity index (χ1) is 10.3. The fourth-order valence-electron chi connectivity index (χ4n) is 2.49. The summed E-state index contributed by atoms with van der Waals surface area (Å²) in [5.41, 5.74) is 4.34. The van der Waals surface area contributed by atoms with Gasteiger partial charge in [-0.3, -0.25) is 0 Å². The van der Waals surface area contributed by atoms with Crippen LogP contribution in [0.25, 0.3) is 0 Å². The molecule has 1 heterocycles. The van der Waals surface area contributed by atoms with E-state index in [0.717, 1.165) is 36.3 Å². The third-order valence-electron chi connectivity index (χ3n) is 3.60. The van der Waals surface area contributed by atoms with E-state index in [1.807, 2.05) is 42.5 Å². The van der Waals surface area contributed by atoms with Gasteiger partial charge in [-0.25, -0.2) is 4.79 Å². The van der Waals surface area contributed by atoms with Gasteiger partial charge in [0.05, 0.1) is 0 Å². The van der Waals surface area contributed by atoms with Crippen LogP contribution in [0.3, 0.4) is 0 Å². The molecule has 1 aliphatic heterocycles. The molecule has 2 amide bonds. The third kappa shape index (κ3) is 3.54. The summed E-state index contributed by atoms with van der Waals surface area (Å²) in [6, 6.07) is 15.7. The Hall–Kier alpha value is -2.49. The molecule has 0 aromatic heterocycles. The van der Waals surface area contributed by atoms with E-state index in [0.29, 0.717) is 6.54 Å². The molecule has 2 aromatic carbocycles. The minimum atomic E-state index is -0.186. The van der Waals surface area contributed by atoms with E-state index in [1.54, 1.807) is 0 Å². The number of benzene rings is 2. The van der Waals surface area contributed by atoms with Gasteiger partial charge in [0.15, 0.2) is 0 Å². The number of hydrogen-bond donors (Lipinski definition) is 3.